The van der Waals surface area contributed by atoms with Crippen LogP contribution in [0, 0.1) is 6.92 Å². The molecule has 3 nitrogen and oxygen atoms in total. The molecule has 92 valence electrons. The number of rotatable bonds is 0. The second-order valence-corrected chi connectivity index (χ2v) is 7.29. The van der Waals surface area contributed by atoms with Crippen molar-refractivity contribution < 1.29 is 14.2 Å². The molecule has 0 amide bonds. The van der Waals surface area contributed by atoms with Crippen LogP contribution in [0.3, 0.4) is 0 Å². The van der Waals surface area contributed by atoms with Gasteiger partial charge in [-0.15, -0.1) is 0 Å². The summed E-state index contributed by atoms with van der Waals surface area (Å²) in [4.78, 5) is 10.4. The zero-order valence-electron chi connectivity index (χ0n) is 9.55. The first-order valence-corrected chi connectivity index (χ1v) is 7.86. The van der Waals surface area contributed by atoms with Gasteiger partial charge in [-0.2, -0.15) is 0 Å². The number of hydrogen-bond acceptors (Lipinski definition) is 2. The third-order valence-corrected chi connectivity index (χ3v) is 5.43. The molecule has 1 aliphatic heterocycles. The molecule has 1 atom stereocenters. The summed E-state index contributed by atoms with van der Waals surface area (Å²) in [6, 6.07) is 10.4. The number of ether oxygens (including phenoxy) is 1. The van der Waals surface area contributed by atoms with Crippen LogP contribution in [0.4, 0.5) is 0 Å². The first-order chi connectivity index (χ1) is 8.48. The van der Waals surface area contributed by atoms with Gasteiger partial charge in [0.15, 0.2) is 0 Å². The summed E-state index contributed by atoms with van der Waals surface area (Å²) in [5.41, 5.74) is 0.937. The summed E-state index contributed by atoms with van der Waals surface area (Å²) >= 11 is 3.33. The third kappa shape index (κ3) is 1.72. The topological polar surface area (TPSA) is 46.5 Å². The SMILES string of the molecule is Cc1ccc2c(c1)P(=O)(O)c1ccc(Br)cc1O2. The smallest absolute Gasteiger partial charge is 0.266 e. The molecule has 0 radical (unpaired) electrons. The molecule has 0 saturated carbocycles. The lowest BCUT2D eigenvalue weighted by molar-refractivity contribution is 0.465. The molecule has 1 aliphatic rings. The Kier molecular flexibility index (Phi) is 2.63. The number of aryl methyl sites for hydroxylation is 1. The summed E-state index contributed by atoms with van der Waals surface area (Å²) in [6.07, 6.45) is 0. The maximum absolute atomic E-state index is 12.6. The third-order valence-electron chi connectivity index (χ3n) is 2.91. The van der Waals surface area contributed by atoms with Gasteiger partial charge in [-0.3, -0.25) is 4.57 Å². The molecule has 0 spiro atoms. The highest BCUT2D eigenvalue weighted by Gasteiger charge is 2.35. The molecule has 5 heteroatoms. The average Bonchev–Trinajstić information content (AvgIpc) is 2.30. The highest BCUT2D eigenvalue weighted by Crippen LogP contribution is 2.49. The minimum Gasteiger partial charge on any atom is -0.456 e. The average molecular weight is 325 g/mol. The fraction of sp³-hybridized carbons (Fsp3) is 0.0769. The first kappa shape index (κ1) is 12.0. The molecule has 0 fully saturated rings. The van der Waals surface area contributed by atoms with E-state index >= 15 is 0 Å². The minimum absolute atomic E-state index is 0.351. The summed E-state index contributed by atoms with van der Waals surface area (Å²) in [6.45, 7) is 1.89. The Morgan fingerprint density at radius 1 is 1.11 bits per heavy atom. The van der Waals surface area contributed by atoms with E-state index in [1.165, 1.54) is 0 Å². The number of hydrogen-bond donors (Lipinski definition) is 1. The molecular weight excluding hydrogens is 315 g/mol. The predicted octanol–water partition coefficient (Wildman–Crippen LogP) is 3.08. The van der Waals surface area contributed by atoms with Gasteiger partial charge in [0.2, 0.25) is 0 Å². The van der Waals surface area contributed by atoms with E-state index in [0.29, 0.717) is 22.1 Å². The molecule has 2 aromatic rings. The van der Waals surface area contributed by atoms with E-state index in [4.69, 9.17) is 4.74 Å². The van der Waals surface area contributed by atoms with Crippen molar-refractivity contribution in [1.82, 2.24) is 0 Å². The standard InChI is InChI=1S/C13H10BrO3P/c1-8-2-4-10-13(6-8)18(15,16)12-5-3-9(14)7-11(12)17-10/h2-7H,1H3,(H,15,16). The maximum atomic E-state index is 12.6. The zero-order valence-corrected chi connectivity index (χ0v) is 12.0. The molecule has 0 bridgehead atoms. The summed E-state index contributed by atoms with van der Waals surface area (Å²) in [7, 11) is -3.56. The fourth-order valence-corrected chi connectivity index (χ4v) is 4.10. The van der Waals surface area contributed by atoms with E-state index in [1.54, 1.807) is 30.3 Å². The van der Waals surface area contributed by atoms with Gasteiger partial charge in [0, 0.05) is 4.47 Å². The van der Waals surface area contributed by atoms with Gasteiger partial charge in [0.25, 0.3) is 7.37 Å². The van der Waals surface area contributed by atoms with Crippen LogP contribution in [0.1, 0.15) is 5.56 Å². The maximum Gasteiger partial charge on any atom is 0.266 e. The Labute approximate surface area is 113 Å². The van der Waals surface area contributed by atoms with Gasteiger partial charge in [-0.05, 0) is 37.3 Å². The van der Waals surface area contributed by atoms with E-state index in [1.807, 2.05) is 13.0 Å². The van der Waals surface area contributed by atoms with Crippen LogP contribution in [0.5, 0.6) is 11.5 Å². The van der Waals surface area contributed by atoms with Crippen molar-refractivity contribution in [3.05, 3.63) is 46.4 Å². The molecular formula is C13H10BrO3P. The van der Waals surface area contributed by atoms with Gasteiger partial charge in [0.05, 0.1) is 10.6 Å². The molecule has 0 aromatic heterocycles. The van der Waals surface area contributed by atoms with Crippen molar-refractivity contribution in [1.29, 1.82) is 0 Å². The number of halogens is 1. The predicted molar refractivity (Wildman–Crippen MR) is 74.5 cm³/mol. The van der Waals surface area contributed by atoms with Crippen LogP contribution in [0.2, 0.25) is 0 Å². The molecule has 18 heavy (non-hydrogen) atoms. The molecule has 2 aromatic carbocycles. The van der Waals surface area contributed by atoms with Crippen molar-refractivity contribution in [2.75, 3.05) is 0 Å². The van der Waals surface area contributed by atoms with Gasteiger partial charge in [-0.1, -0.05) is 27.6 Å². The Hall–Kier alpha value is -1.09. The lowest BCUT2D eigenvalue weighted by Gasteiger charge is -2.25. The van der Waals surface area contributed by atoms with Crippen LogP contribution in [0.15, 0.2) is 40.9 Å². The van der Waals surface area contributed by atoms with E-state index in [0.717, 1.165) is 10.0 Å². The Balaban J connectivity index is 2.30. The van der Waals surface area contributed by atoms with Gasteiger partial charge in [-0.25, -0.2) is 0 Å². The number of fused-ring (bicyclic) bond motifs is 2. The second-order valence-electron chi connectivity index (χ2n) is 4.26. The highest BCUT2D eigenvalue weighted by molar-refractivity contribution is 9.10. The Morgan fingerprint density at radius 2 is 1.89 bits per heavy atom. The van der Waals surface area contributed by atoms with Crippen molar-refractivity contribution >= 4 is 33.9 Å². The fourth-order valence-electron chi connectivity index (χ4n) is 2.02. The van der Waals surface area contributed by atoms with Crippen LogP contribution in [-0.2, 0) is 4.57 Å². The van der Waals surface area contributed by atoms with Crippen LogP contribution >= 0.6 is 23.3 Å². The molecule has 0 saturated heterocycles. The normalized spacial score (nSPS) is 20.8. The van der Waals surface area contributed by atoms with E-state index in [9.17, 15) is 9.46 Å². The van der Waals surface area contributed by atoms with Crippen molar-refractivity contribution in [2.45, 2.75) is 6.92 Å². The first-order valence-electron chi connectivity index (χ1n) is 5.40. The van der Waals surface area contributed by atoms with E-state index in [2.05, 4.69) is 15.9 Å². The van der Waals surface area contributed by atoms with E-state index < -0.39 is 7.37 Å². The quantitative estimate of drug-likeness (QED) is 0.757. The van der Waals surface area contributed by atoms with Gasteiger partial charge < -0.3 is 9.63 Å². The lowest BCUT2D eigenvalue weighted by Crippen LogP contribution is -2.24. The van der Waals surface area contributed by atoms with Gasteiger partial charge in [0.1, 0.15) is 11.5 Å². The monoisotopic (exact) mass is 324 g/mol. The Morgan fingerprint density at radius 3 is 2.67 bits per heavy atom. The molecule has 3 rings (SSSR count). The summed E-state index contributed by atoms with van der Waals surface area (Å²) < 4.78 is 19.1. The van der Waals surface area contributed by atoms with Crippen molar-refractivity contribution in [3.8, 4) is 11.5 Å². The minimum atomic E-state index is -3.56. The van der Waals surface area contributed by atoms with Crippen molar-refractivity contribution in [3.63, 3.8) is 0 Å². The van der Waals surface area contributed by atoms with Crippen molar-refractivity contribution in [2.24, 2.45) is 0 Å². The molecule has 0 aliphatic carbocycles. The Bertz CT molecular complexity index is 697. The second kappa shape index (κ2) is 3.95. The van der Waals surface area contributed by atoms with Gasteiger partial charge >= 0.3 is 0 Å². The molecule has 1 unspecified atom stereocenters. The summed E-state index contributed by atoms with van der Waals surface area (Å²) in [5.74, 6) is 0.892. The van der Waals surface area contributed by atoms with E-state index in [-0.39, 0.29) is 0 Å². The summed E-state index contributed by atoms with van der Waals surface area (Å²) in [5, 5.41) is 0.723. The van der Waals surface area contributed by atoms with Crippen LogP contribution in [-0.4, -0.2) is 4.89 Å². The number of benzene rings is 2. The lowest BCUT2D eigenvalue weighted by atomic mass is 10.2. The largest absolute Gasteiger partial charge is 0.456 e. The zero-order chi connectivity index (χ0) is 12.9. The molecule has 1 heterocycles. The van der Waals surface area contributed by atoms with Crippen LogP contribution in [0.25, 0.3) is 0 Å². The highest BCUT2D eigenvalue weighted by atomic mass is 79.9. The molecule has 1 N–H and O–H groups in total. The van der Waals surface area contributed by atoms with Crippen LogP contribution < -0.4 is 15.3 Å².